The Balaban J connectivity index is -0.000000208. The van der Waals surface area contributed by atoms with Crippen molar-refractivity contribution in [1.82, 2.24) is 0 Å². The Kier molecular flexibility index (Phi) is 25.0. The number of hydrogen-bond acceptors (Lipinski definition) is 0. The summed E-state index contributed by atoms with van der Waals surface area (Å²) in [5, 5.41) is 0. The SMILES string of the molecule is CB(C)c1ccccc1.CC.CC.CC. The van der Waals surface area contributed by atoms with Crippen LogP contribution < -0.4 is 5.46 Å². The maximum atomic E-state index is 2.20. The smallest absolute Gasteiger partial charge is 0.0819 e. The van der Waals surface area contributed by atoms with Gasteiger partial charge in [0.15, 0.2) is 6.71 Å². The maximum Gasteiger partial charge on any atom is 0.169 e. The average molecular weight is 208 g/mol. The molecular formula is C14H29B. The van der Waals surface area contributed by atoms with Gasteiger partial charge in [0, 0.05) is 0 Å². The van der Waals surface area contributed by atoms with Crippen LogP contribution in [-0.4, -0.2) is 6.71 Å². The summed E-state index contributed by atoms with van der Waals surface area (Å²) in [7, 11) is 0. The first kappa shape index (κ1) is 19.8. The van der Waals surface area contributed by atoms with E-state index in [1.165, 1.54) is 5.46 Å². The molecule has 0 spiro atoms. The van der Waals surface area contributed by atoms with Crippen LogP contribution in [0.2, 0.25) is 13.6 Å². The first-order chi connectivity index (χ1) is 7.30. The van der Waals surface area contributed by atoms with Gasteiger partial charge in [0.05, 0.1) is 0 Å². The lowest BCUT2D eigenvalue weighted by Gasteiger charge is -1.98. The van der Waals surface area contributed by atoms with Crippen molar-refractivity contribution >= 4 is 12.2 Å². The van der Waals surface area contributed by atoms with E-state index in [0.717, 1.165) is 0 Å². The molecule has 1 aromatic rings. The second-order valence-corrected chi connectivity index (χ2v) is 2.57. The Bertz CT molecular complexity index is 168. The molecule has 0 nitrogen and oxygen atoms in total. The van der Waals surface area contributed by atoms with Crippen LogP contribution in [0.1, 0.15) is 41.5 Å². The van der Waals surface area contributed by atoms with Crippen LogP contribution in [0.25, 0.3) is 0 Å². The van der Waals surface area contributed by atoms with E-state index in [-0.39, 0.29) is 0 Å². The summed E-state index contributed by atoms with van der Waals surface area (Å²) >= 11 is 0. The van der Waals surface area contributed by atoms with E-state index < -0.39 is 0 Å². The van der Waals surface area contributed by atoms with Crippen molar-refractivity contribution in [2.45, 2.75) is 55.2 Å². The van der Waals surface area contributed by atoms with Crippen LogP contribution in [-0.2, 0) is 0 Å². The molecule has 1 heteroatoms. The van der Waals surface area contributed by atoms with Crippen LogP contribution in [0, 0.1) is 0 Å². The molecule has 0 aliphatic carbocycles. The summed E-state index contributed by atoms with van der Waals surface area (Å²) in [6, 6.07) is 10.5. The Morgan fingerprint density at radius 3 is 1.20 bits per heavy atom. The molecule has 88 valence electrons. The summed E-state index contributed by atoms with van der Waals surface area (Å²) < 4.78 is 0. The minimum Gasteiger partial charge on any atom is -0.0819 e. The molecule has 1 rings (SSSR count). The molecule has 0 atom stereocenters. The van der Waals surface area contributed by atoms with Crippen LogP contribution in [0.5, 0.6) is 0 Å². The minimum atomic E-state index is 0.659. The molecule has 0 amide bonds. The molecule has 0 heterocycles. The van der Waals surface area contributed by atoms with E-state index in [0.29, 0.717) is 6.71 Å². The Labute approximate surface area is 98.2 Å². The highest BCUT2D eigenvalue weighted by Crippen LogP contribution is 1.85. The topological polar surface area (TPSA) is 0 Å². The first-order valence-electron chi connectivity index (χ1n) is 6.35. The van der Waals surface area contributed by atoms with Gasteiger partial charge in [-0.25, -0.2) is 0 Å². The van der Waals surface area contributed by atoms with Crippen molar-refractivity contribution in [2.24, 2.45) is 0 Å². The van der Waals surface area contributed by atoms with E-state index in [9.17, 15) is 0 Å². The average Bonchev–Trinajstić information content (AvgIpc) is 2.38. The van der Waals surface area contributed by atoms with Gasteiger partial charge < -0.3 is 0 Å². The van der Waals surface area contributed by atoms with E-state index in [4.69, 9.17) is 0 Å². The summed E-state index contributed by atoms with van der Waals surface area (Å²) in [6.07, 6.45) is 0. The van der Waals surface area contributed by atoms with Crippen LogP contribution >= 0.6 is 0 Å². The first-order valence-corrected chi connectivity index (χ1v) is 6.35. The fourth-order valence-electron chi connectivity index (χ4n) is 0.838. The van der Waals surface area contributed by atoms with Crippen molar-refractivity contribution in [2.75, 3.05) is 0 Å². The molecule has 0 saturated heterocycles. The monoisotopic (exact) mass is 208 g/mol. The predicted molar refractivity (Wildman–Crippen MR) is 77.6 cm³/mol. The second kappa shape index (κ2) is 19.0. The summed E-state index contributed by atoms with van der Waals surface area (Å²) in [5.41, 5.74) is 1.41. The Morgan fingerprint density at radius 2 is 1.00 bits per heavy atom. The van der Waals surface area contributed by atoms with Crippen molar-refractivity contribution in [3.8, 4) is 0 Å². The zero-order chi connectivity index (χ0) is 12.7. The minimum absolute atomic E-state index is 0.659. The predicted octanol–water partition coefficient (Wildman–Crippen LogP) is 4.73. The molecule has 15 heavy (non-hydrogen) atoms. The van der Waals surface area contributed by atoms with Gasteiger partial charge in [-0.2, -0.15) is 0 Å². The third-order valence-corrected chi connectivity index (χ3v) is 1.47. The Hall–Kier alpha value is -0.715. The molecule has 0 aliphatic heterocycles. The highest BCUT2D eigenvalue weighted by atomic mass is 13.8. The fourth-order valence-corrected chi connectivity index (χ4v) is 0.838. The molecule has 0 aromatic heterocycles. The van der Waals surface area contributed by atoms with Gasteiger partial charge in [-0.15, -0.1) is 0 Å². The maximum absolute atomic E-state index is 2.20. The van der Waals surface area contributed by atoms with Crippen molar-refractivity contribution < 1.29 is 0 Å². The molecule has 0 N–H and O–H groups in total. The van der Waals surface area contributed by atoms with Gasteiger partial charge in [0.25, 0.3) is 0 Å². The van der Waals surface area contributed by atoms with E-state index in [2.05, 4.69) is 37.9 Å². The van der Waals surface area contributed by atoms with Crippen LogP contribution in [0.4, 0.5) is 0 Å². The molecule has 0 fully saturated rings. The zero-order valence-corrected chi connectivity index (χ0v) is 12.0. The van der Waals surface area contributed by atoms with E-state index in [1.807, 2.05) is 47.6 Å². The molecule has 0 radical (unpaired) electrons. The van der Waals surface area contributed by atoms with Crippen LogP contribution in [0.3, 0.4) is 0 Å². The highest BCUT2D eigenvalue weighted by Gasteiger charge is 1.98. The van der Waals surface area contributed by atoms with E-state index >= 15 is 0 Å². The van der Waals surface area contributed by atoms with Gasteiger partial charge in [-0.05, 0) is 0 Å². The van der Waals surface area contributed by atoms with Gasteiger partial charge in [0.2, 0.25) is 0 Å². The lowest BCUT2D eigenvalue weighted by molar-refractivity contribution is 1.50. The molecule has 0 aliphatic rings. The third kappa shape index (κ3) is 13.3. The molecular weight excluding hydrogens is 179 g/mol. The molecule has 0 unspecified atom stereocenters. The fraction of sp³-hybridized carbons (Fsp3) is 0.571. The lowest BCUT2D eigenvalue weighted by Crippen LogP contribution is -2.21. The van der Waals surface area contributed by atoms with Gasteiger partial charge >= 0.3 is 0 Å². The molecule has 1 aromatic carbocycles. The second-order valence-electron chi connectivity index (χ2n) is 2.57. The van der Waals surface area contributed by atoms with Crippen molar-refractivity contribution in [3.63, 3.8) is 0 Å². The van der Waals surface area contributed by atoms with Gasteiger partial charge in [0.1, 0.15) is 0 Å². The number of hydrogen-bond donors (Lipinski definition) is 0. The van der Waals surface area contributed by atoms with Crippen LogP contribution in [0.15, 0.2) is 30.3 Å². The van der Waals surface area contributed by atoms with E-state index in [1.54, 1.807) is 0 Å². The Morgan fingerprint density at radius 1 is 0.667 bits per heavy atom. The normalized spacial score (nSPS) is 6.67. The standard InChI is InChI=1S/C8H11B.3C2H6/c1-9(2)8-6-4-3-5-7-8;3*1-2/h3-7H,1-2H3;3*1-2H3. The largest absolute Gasteiger partial charge is 0.169 e. The zero-order valence-electron chi connectivity index (χ0n) is 12.0. The number of benzene rings is 1. The van der Waals surface area contributed by atoms with Crippen molar-refractivity contribution in [3.05, 3.63) is 30.3 Å². The third-order valence-electron chi connectivity index (χ3n) is 1.47. The molecule has 0 bridgehead atoms. The summed E-state index contributed by atoms with van der Waals surface area (Å²) in [4.78, 5) is 0. The molecule has 0 saturated carbocycles. The lowest BCUT2D eigenvalue weighted by atomic mass is 9.49. The quantitative estimate of drug-likeness (QED) is 0.585. The summed E-state index contributed by atoms with van der Waals surface area (Å²) in [5.74, 6) is 0. The number of rotatable bonds is 1. The highest BCUT2D eigenvalue weighted by molar-refractivity contribution is 6.70. The van der Waals surface area contributed by atoms with Gasteiger partial charge in [-0.1, -0.05) is 91.0 Å². The summed E-state index contributed by atoms with van der Waals surface area (Å²) in [6.45, 7) is 17.1. The van der Waals surface area contributed by atoms with Gasteiger partial charge in [-0.3, -0.25) is 0 Å². The van der Waals surface area contributed by atoms with Crippen molar-refractivity contribution in [1.29, 1.82) is 0 Å².